The van der Waals surface area contributed by atoms with Gasteiger partial charge in [0.05, 0.1) is 6.61 Å². The van der Waals surface area contributed by atoms with Crippen molar-refractivity contribution in [1.29, 1.82) is 0 Å². The molecule has 1 radical (unpaired) electrons. The molecule has 1 aliphatic rings. The Bertz CT molecular complexity index is 165. The molecular formula is C9H17N2O2. The van der Waals surface area contributed by atoms with Gasteiger partial charge in [-0.15, -0.1) is 0 Å². The van der Waals surface area contributed by atoms with Gasteiger partial charge in [0.1, 0.15) is 0 Å². The minimum Gasteiger partial charge on any atom is -0.449 e. The molecular weight excluding hydrogens is 168 g/mol. The Morgan fingerprint density at radius 3 is 2.62 bits per heavy atom. The average molecular weight is 185 g/mol. The van der Waals surface area contributed by atoms with Crippen LogP contribution in [0.25, 0.3) is 0 Å². The molecule has 1 rings (SSSR count). The SMILES string of the molecule is CC(C)COC(=O)N1CC[N]CC1. The zero-order valence-electron chi connectivity index (χ0n) is 8.32. The second kappa shape index (κ2) is 5.07. The molecule has 4 nitrogen and oxygen atoms in total. The van der Waals surface area contributed by atoms with Crippen molar-refractivity contribution in [3.8, 4) is 0 Å². The first-order chi connectivity index (χ1) is 6.20. The Balaban J connectivity index is 2.21. The van der Waals surface area contributed by atoms with Crippen LogP contribution in [0.4, 0.5) is 4.79 Å². The summed E-state index contributed by atoms with van der Waals surface area (Å²) in [4.78, 5) is 13.1. The van der Waals surface area contributed by atoms with Gasteiger partial charge in [0.25, 0.3) is 0 Å². The quantitative estimate of drug-likeness (QED) is 0.635. The predicted molar refractivity (Wildman–Crippen MR) is 49.6 cm³/mol. The number of hydrogen-bond donors (Lipinski definition) is 0. The summed E-state index contributed by atoms with van der Waals surface area (Å²) in [5.74, 6) is 0.401. The first kappa shape index (κ1) is 10.3. The van der Waals surface area contributed by atoms with Crippen molar-refractivity contribution < 1.29 is 9.53 Å². The largest absolute Gasteiger partial charge is 0.449 e. The Morgan fingerprint density at radius 2 is 2.08 bits per heavy atom. The summed E-state index contributed by atoms with van der Waals surface area (Å²) in [6.45, 7) is 7.46. The van der Waals surface area contributed by atoms with Crippen LogP contribution >= 0.6 is 0 Å². The molecule has 0 unspecified atom stereocenters. The molecule has 0 aromatic carbocycles. The number of carbonyl (C=O) groups excluding carboxylic acids is 1. The van der Waals surface area contributed by atoms with E-state index in [1.54, 1.807) is 4.90 Å². The molecule has 0 aromatic rings. The smallest absolute Gasteiger partial charge is 0.409 e. The zero-order valence-corrected chi connectivity index (χ0v) is 8.32. The second-order valence-electron chi connectivity index (χ2n) is 3.63. The molecule has 13 heavy (non-hydrogen) atoms. The summed E-state index contributed by atoms with van der Waals surface area (Å²) in [6, 6.07) is 0. The standard InChI is InChI=1S/C9H17N2O2/c1-8(2)7-13-9(12)11-5-3-10-4-6-11/h8H,3-7H2,1-2H3. The Kier molecular flexibility index (Phi) is 4.02. The number of ether oxygens (including phenoxy) is 1. The lowest BCUT2D eigenvalue weighted by Crippen LogP contribution is -2.44. The minimum atomic E-state index is -0.191. The molecule has 0 N–H and O–H groups in total. The molecule has 0 aromatic heterocycles. The van der Waals surface area contributed by atoms with Gasteiger partial charge in [-0.3, -0.25) is 0 Å². The molecule has 4 heteroatoms. The normalized spacial score (nSPS) is 17.6. The molecule has 0 spiro atoms. The van der Waals surface area contributed by atoms with E-state index in [1.165, 1.54) is 0 Å². The fourth-order valence-electron chi connectivity index (χ4n) is 1.12. The number of amides is 1. The monoisotopic (exact) mass is 185 g/mol. The molecule has 0 saturated carbocycles. The summed E-state index contributed by atoms with van der Waals surface area (Å²) >= 11 is 0. The van der Waals surface area contributed by atoms with Crippen LogP contribution < -0.4 is 5.32 Å². The van der Waals surface area contributed by atoms with E-state index in [4.69, 9.17) is 4.74 Å². The number of rotatable bonds is 2. The van der Waals surface area contributed by atoms with Crippen molar-refractivity contribution in [1.82, 2.24) is 10.2 Å². The van der Waals surface area contributed by atoms with E-state index in [1.807, 2.05) is 13.8 Å². The maximum Gasteiger partial charge on any atom is 0.409 e. The minimum absolute atomic E-state index is 0.191. The summed E-state index contributed by atoms with van der Waals surface area (Å²) in [5, 5.41) is 4.16. The van der Waals surface area contributed by atoms with Crippen LogP contribution in [0.1, 0.15) is 13.8 Å². The first-order valence-electron chi connectivity index (χ1n) is 4.75. The van der Waals surface area contributed by atoms with Crippen molar-refractivity contribution in [3.63, 3.8) is 0 Å². The molecule has 1 heterocycles. The Hall–Kier alpha value is -0.770. The van der Waals surface area contributed by atoms with Crippen molar-refractivity contribution in [2.75, 3.05) is 32.8 Å². The highest BCUT2D eigenvalue weighted by Gasteiger charge is 2.17. The van der Waals surface area contributed by atoms with Gasteiger partial charge in [-0.05, 0) is 5.92 Å². The maximum absolute atomic E-state index is 11.4. The van der Waals surface area contributed by atoms with Crippen LogP contribution in [0.5, 0.6) is 0 Å². The first-order valence-corrected chi connectivity index (χ1v) is 4.75. The van der Waals surface area contributed by atoms with Crippen molar-refractivity contribution in [2.45, 2.75) is 13.8 Å². The van der Waals surface area contributed by atoms with E-state index in [0.29, 0.717) is 25.6 Å². The number of carbonyl (C=O) groups is 1. The zero-order chi connectivity index (χ0) is 9.68. The summed E-state index contributed by atoms with van der Waals surface area (Å²) in [6.07, 6.45) is -0.191. The van der Waals surface area contributed by atoms with Gasteiger partial charge in [-0.2, -0.15) is 0 Å². The van der Waals surface area contributed by atoms with Crippen LogP contribution in [0.3, 0.4) is 0 Å². The molecule has 1 amide bonds. The number of piperazine rings is 1. The molecule has 75 valence electrons. The van der Waals surface area contributed by atoms with E-state index in [2.05, 4.69) is 5.32 Å². The van der Waals surface area contributed by atoms with Crippen LogP contribution in [0.15, 0.2) is 0 Å². The molecule has 0 bridgehead atoms. The van der Waals surface area contributed by atoms with Gasteiger partial charge in [-0.1, -0.05) is 13.8 Å². The highest BCUT2D eigenvalue weighted by molar-refractivity contribution is 5.67. The van der Waals surface area contributed by atoms with Gasteiger partial charge in [-0.25, -0.2) is 10.1 Å². The van der Waals surface area contributed by atoms with Crippen LogP contribution in [0.2, 0.25) is 0 Å². The van der Waals surface area contributed by atoms with E-state index in [9.17, 15) is 4.79 Å². The molecule has 1 aliphatic heterocycles. The van der Waals surface area contributed by atoms with Crippen LogP contribution in [0, 0.1) is 5.92 Å². The van der Waals surface area contributed by atoms with E-state index < -0.39 is 0 Å². The van der Waals surface area contributed by atoms with Crippen LogP contribution in [-0.2, 0) is 4.74 Å². The second-order valence-corrected chi connectivity index (χ2v) is 3.63. The summed E-state index contributed by atoms with van der Waals surface area (Å²) in [7, 11) is 0. The molecule has 1 fully saturated rings. The fourth-order valence-corrected chi connectivity index (χ4v) is 1.12. The van der Waals surface area contributed by atoms with Crippen LogP contribution in [-0.4, -0.2) is 43.8 Å². The predicted octanol–water partition coefficient (Wildman–Crippen LogP) is 0.699. The van der Waals surface area contributed by atoms with Gasteiger partial charge < -0.3 is 9.64 Å². The van der Waals surface area contributed by atoms with Gasteiger partial charge in [0.2, 0.25) is 0 Å². The van der Waals surface area contributed by atoms with Crippen molar-refractivity contribution in [2.24, 2.45) is 5.92 Å². The van der Waals surface area contributed by atoms with Crippen molar-refractivity contribution >= 4 is 6.09 Å². The average Bonchev–Trinajstić information content (AvgIpc) is 2.15. The number of nitrogens with zero attached hydrogens (tertiary/aromatic N) is 2. The van der Waals surface area contributed by atoms with Crippen molar-refractivity contribution in [3.05, 3.63) is 0 Å². The van der Waals surface area contributed by atoms with E-state index >= 15 is 0 Å². The molecule has 0 aliphatic carbocycles. The highest BCUT2D eigenvalue weighted by Crippen LogP contribution is 2.00. The van der Waals surface area contributed by atoms with E-state index in [0.717, 1.165) is 13.1 Å². The topological polar surface area (TPSA) is 43.6 Å². The van der Waals surface area contributed by atoms with Gasteiger partial charge in [0, 0.05) is 26.2 Å². The highest BCUT2D eigenvalue weighted by atomic mass is 16.6. The lowest BCUT2D eigenvalue weighted by Gasteiger charge is -2.25. The third kappa shape index (κ3) is 3.63. The van der Waals surface area contributed by atoms with Gasteiger partial charge >= 0.3 is 6.09 Å². The third-order valence-corrected chi connectivity index (χ3v) is 1.85. The van der Waals surface area contributed by atoms with E-state index in [-0.39, 0.29) is 6.09 Å². The summed E-state index contributed by atoms with van der Waals surface area (Å²) < 4.78 is 5.09. The summed E-state index contributed by atoms with van der Waals surface area (Å²) in [5.41, 5.74) is 0. The van der Waals surface area contributed by atoms with Gasteiger partial charge in [0.15, 0.2) is 0 Å². The molecule has 1 saturated heterocycles. The number of hydrogen-bond acceptors (Lipinski definition) is 2. The lowest BCUT2D eigenvalue weighted by molar-refractivity contribution is 0.0876. The Morgan fingerprint density at radius 1 is 1.46 bits per heavy atom. The Labute approximate surface area is 79.2 Å². The maximum atomic E-state index is 11.4. The fraction of sp³-hybridized carbons (Fsp3) is 0.889. The lowest BCUT2D eigenvalue weighted by atomic mass is 10.2. The molecule has 0 atom stereocenters. The third-order valence-electron chi connectivity index (χ3n) is 1.85.